The van der Waals surface area contributed by atoms with Gasteiger partial charge in [0.2, 0.25) is 0 Å². The normalized spacial score (nSPS) is 16.4. The molecule has 1 aromatic heterocycles. The maximum absolute atomic E-state index is 12.4. The SMILES string of the molecule is Cc1nc(Nc2ccc(OC(C)C)cc2)cc(C(=O)NCC2CCCO2)n1. The number of aryl methyl sites for hydroxylation is 1. The van der Waals surface area contributed by atoms with Crippen molar-refractivity contribution in [1.29, 1.82) is 0 Å². The fraction of sp³-hybridized carbons (Fsp3) is 0.450. The van der Waals surface area contributed by atoms with Crippen molar-refractivity contribution in [2.24, 2.45) is 0 Å². The molecule has 1 aliphatic heterocycles. The van der Waals surface area contributed by atoms with E-state index in [9.17, 15) is 4.79 Å². The molecule has 1 fully saturated rings. The van der Waals surface area contributed by atoms with Crippen molar-refractivity contribution < 1.29 is 14.3 Å². The molecule has 0 radical (unpaired) electrons. The van der Waals surface area contributed by atoms with E-state index in [-0.39, 0.29) is 18.1 Å². The van der Waals surface area contributed by atoms with Crippen molar-refractivity contribution in [3.05, 3.63) is 41.9 Å². The molecule has 1 unspecified atom stereocenters. The van der Waals surface area contributed by atoms with Crippen LogP contribution in [0, 0.1) is 6.92 Å². The molecule has 0 spiro atoms. The van der Waals surface area contributed by atoms with Crippen molar-refractivity contribution in [3.63, 3.8) is 0 Å². The lowest BCUT2D eigenvalue weighted by Gasteiger charge is -2.12. The highest BCUT2D eigenvalue weighted by Gasteiger charge is 2.17. The Morgan fingerprint density at radius 3 is 2.74 bits per heavy atom. The minimum Gasteiger partial charge on any atom is -0.491 e. The number of carbonyl (C=O) groups excluding carboxylic acids is 1. The van der Waals surface area contributed by atoms with Gasteiger partial charge in [0.15, 0.2) is 0 Å². The lowest BCUT2D eigenvalue weighted by molar-refractivity contribution is 0.0853. The first-order chi connectivity index (χ1) is 13.0. The molecule has 1 atom stereocenters. The monoisotopic (exact) mass is 370 g/mol. The molecule has 1 amide bonds. The van der Waals surface area contributed by atoms with E-state index in [0.29, 0.717) is 23.9 Å². The fourth-order valence-corrected chi connectivity index (χ4v) is 2.89. The summed E-state index contributed by atoms with van der Waals surface area (Å²) in [7, 11) is 0. The van der Waals surface area contributed by atoms with Gasteiger partial charge in [0.25, 0.3) is 5.91 Å². The van der Waals surface area contributed by atoms with Gasteiger partial charge in [-0.3, -0.25) is 4.79 Å². The van der Waals surface area contributed by atoms with Crippen LogP contribution in [0.4, 0.5) is 11.5 Å². The highest BCUT2D eigenvalue weighted by molar-refractivity contribution is 5.93. The first-order valence-electron chi connectivity index (χ1n) is 9.29. The smallest absolute Gasteiger partial charge is 0.270 e. The molecule has 2 heterocycles. The minimum atomic E-state index is -0.222. The Labute approximate surface area is 159 Å². The molecular weight excluding hydrogens is 344 g/mol. The Balaban J connectivity index is 1.64. The summed E-state index contributed by atoms with van der Waals surface area (Å²) < 4.78 is 11.2. The number of aromatic nitrogens is 2. The standard InChI is InChI=1S/C20H26N4O3/c1-13(2)27-16-8-6-15(7-9-16)24-19-11-18(22-14(3)23-19)20(25)21-12-17-5-4-10-26-17/h6-9,11,13,17H,4-5,10,12H2,1-3H3,(H,21,25)(H,22,23,24). The predicted molar refractivity (Wildman–Crippen MR) is 104 cm³/mol. The van der Waals surface area contributed by atoms with Gasteiger partial charge in [-0.25, -0.2) is 9.97 Å². The van der Waals surface area contributed by atoms with E-state index < -0.39 is 0 Å². The van der Waals surface area contributed by atoms with E-state index >= 15 is 0 Å². The van der Waals surface area contributed by atoms with Crippen molar-refractivity contribution >= 4 is 17.4 Å². The Kier molecular flexibility index (Phi) is 6.24. The molecule has 0 aliphatic carbocycles. The second-order valence-electron chi connectivity index (χ2n) is 6.85. The summed E-state index contributed by atoms with van der Waals surface area (Å²) in [6, 6.07) is 9.26. The number of nitrogens with one attached hydrogen (secondary N) is 2. The van der Waals surface area contributed by atoms with E-state index in [0.717, 1.165) is 30.9 Å². The van der Waals surface area contributed by atoms with Gasteiger partial charge in [-0.05, 0) is 57.9 Å². The van der Waals surface area contributed by atoms with Crippen LogP contribution in [0.5, 0.6) is 5.75 Å². The number of amides is 1. The number of ether oxygens (including phenoxy) is 2. The summed E-state index contributed by atoms with van der Waals surface area (Å²) in [5, 5.41) is 6.09. The molecule has 7 nitrogen and oxygen atoms in total. The molecule has 1 aromatic carbocycles. The average Bonchev–Trinajstić information content (AvgIpc) is 3.14. The average molecular weight is 370 g/mol. The van der Waals surface area contributed by atoms with E-state index in [1.807, 2.05) is 38.1 Å². The number of nitrogens with zero attached hydrogens (tertiary/aromatic N) is 2. The third-order valence-electron chi connectivity index (χ3n) is 4.08. The van der Waals surface area contributed by atoms with Gasteiger partial charge in [-0.1, -0.05) is 0 Å². The summed E-state index contributed by atoms with van der Waals surface area (Å²) in [5.41, 5.74) is 1.19. The van der Waals surface area contributed by atoms with Gasteiger partial charge in [0.1, 0.15) is 23.1 Å². The Morgan fingerprint density at radius 2 is 2.07 bits per heavy atom. The Bertz CT molecular complexity index is 771. The van der Waals surface area contributed by atoms with Gasteiger partial charge in [0.05, 0.1) is 12.2 Å². The van der Waals surface area contributed by atoms with Crippen molar-refractivity contribution in [2.75, 3.05) is 18.5 Å². The van der Waals surface area contributed by atoms with Crippen LogP contribution < -0.4 is 15.4 Å². The van der Waals surface area contributed by atoms with E-state index in [1.54, 1.807) is 13.0 Å². The highest BCUT2D eigenvalue weighted by atomic mass is 16.5. The fourth-order valence-electron chi connectivity index (χ4n) is 2.89. The first-order valence-corrected chi connectivity index (χ1v) is 9.29. The third kappa shape index (κ3) is 5.65. The van der Waals surface area contributed by atoms with Crippen molar-refractivity contribution in [2.45, 2.75) is 45.8 Å². The largest absolute Gasteiger partial charge is 0.491 e. The van der Waals surface area contributed by atoms with Gasteiger partial charge >= 0.3 is 0 Å². The number of rotatable bonds is 7. The molecular formula is C20H26N4O3. The molecule has 0 bridgehead atoms. The number of hydrogen-bond donors (Lipinski definition) is 2. The Morgan fingerprint density at radius 1 is 1.30 bits per heavy atom. The molecule has 0 saturated carbocycles. The number of hydrogen-bond acceptors (Lipinski definition) is 6. The summed E-state index contributed by atoms with van der Waals surface area (Å²) in [6.45, 7) is 7.01. The first kappa shape index (κ1) is 19.1. The van der Waals surface area contributed by atoms with Gasteiger partial charge in [-0.2, -0.15) is 0 Å². The predicted octanol–water partition coefficient (Wildman–Crippen LogP) is 3.22. The molecule has 1 aliphatic rings. The highest BCUT2D eigenvalue weighted by Crippen LogP contribution is 2.20. The zero-order chi connectivity index (χ0) is 19.2. The van der Waals surface area contributed by atoms with E-state index in [4.69, 9.17) is 9.47 Å². The molecule has 2 aromatic rings. The maximum atomic E-state index is 12.4. The third-order valence-corrected chi connectivity index (χ3v) is 4.08. The van der Waals surface area contributed by atoms with Gasteiger partial charge in [-0.15, -0.1) is 0 Å². The van der Waals surface area contributed by atoms with Crippen molar-refractivity contribution in [3.8, 4) is 5.75 Å². The lowest BCUT2D eigenvalue weighted by Crippen LogP contribution is -2.32. The zero-order valence-electron chi connectivity index (χ0n) is 16.0. The van der Waals surface area contributed by atoms with Gasteiger partial charge < -0.3 is 20.1 Å². The lowest BCUT2D eigenvalue weighted by atomic mass is 10.2. The quantitative estimate of drug-likeness (QED) is 0.778. The molecule has 27 heavy (non-hydrogen) atoms. The van der Waals surface area contributed by atoms with Crippen molar-refractivity contribution in [1.82, 2.24) is 15.3 Å². The van der Waals surface area contributed by atoms with Crippen LogP contribution >= 0.6 is 0 Å². The number of carbonyl (C=O) groups is 1. The topological polar surface area (TPSA) is 85.4 Å². The molecule has 2 N–H and O–H groups in total. The molecule has 1 saturated heterocycles. The van der Waals surface area contributed by atoms with Crippen LogP contribution in [0.25, 0.3) is 0 Å². The van der Waals surface area contributed by atoms with Crippen LogP contribution in [0.15, 0.2) is 30.3 Å². The molecule has 144 valence electrons. The molecule has 7 heteroatoms. The van der Waals surface area contributed by atoms with Gasteiger partial charge in [0, 0.05) is 24.9 Å². The van der Waals surface area contributed by atoms with E-state index in [1.165, 1.54) is 0 Å². The Hall–Kier alpha value is -2.67. The number of anilines is 2. The minimum absolute atomic E-state index is 0.0982. The second-order valence-corrected chi connectivity index (χ2v) is 6.85. The van der Waals surface area contributed by atoms with Crippen LogP contribution in [-0.4, -0.2) is 41.2 Å². The second kappa shape index (κ2) is 8.81. The van der Waals surface area contributed by atoms with Crippen LogP contribution in [0.1, 0.15) is 43.0 Å². The summed E-state index contributed by atoms with van der Waals surface area (Å²) in [4.78, 5) is 21.0. The summed E-state index contributed by atoms with van der Waals surface area (Å²) in [5.74, 6) is 1.69. The zero-order valence-corrected chi connectivity index (χ0v) is 16.0. The van der Waals surface area contributed by atoms with E-state index in [2.05, 4.69) is 20.6 Å². The summed E-state index contributed by atoms with van der Waals surface area (Å²) in [6.07, 6.45) is 2.25. The number of benzene rings is 1. The van der Waals surface area contributed by atoms with Crippen LogP contribution in [-0.2, 0) is 4.74 Å². The maximum Gasteiger partial charge on any atom is 0.270 e. The van der Waals surface area contributed by atoms with Crippen LogP contribution in [0.2, 0.25) is 0 Å². The molecule has 3 rings (SSSR count). The van der Waals surface area contributed by atoms with Crippen LogP contribution in [0.3, 0.4) is 0 Å². The summed E-state index contributed by atoms with van der Waals surface area (Å²) >= 11 is 0.